The molecule has 0 spiro atoms. The predicted molar refractivity (Wildman–Crippen MR) is 136 cm³/mol. The van der Waals surface area contributed by atoms with Crippen LogP contribution in [-0.4, -0.2) is 67.5 Å². The number of carbonyl (C=O) groups excluding carboxylic acids is 1. The van der Waals surface area contributed by atoms with Gasteiger partial charge in [0.2, 0.25) is 10.0 Å². The number of allylic oxidation sites excluding steroid dienone is 1. The zero-order valence-electron chi connectivity index (χ0n) is 20.4. The molecule has 0 aliphatic rings. The minimum atomic E-state index is -3.78. The zero-order chi connectivity index (χ0) is 25.8. The Balaban J connectivity index is 0.00000456. The normalized spacial score (nSPS) is 12.0. The lowest BCUT2D eigenvalue weighted by Crippen LogP contribution is -2.30. The molecule has 0 saturated heterocycles. The van der Waals surface area contributed by atoms with Gasteiger partial charge in [-0.05, 0) is 36.4 Å². The van der Waals surface area contributed by atoms with Gasteiger partial charge >= 0.3 is 5.97 Å². The van der Waals surface area contributed by atoms with Crippen LogP contribution >= 0.6 is 12.4 Å². The average Bonchev–Trinajstić information content (AvgIpc) is 3.25. The molecule has 0 aliphatic carbocycles. The molecule has 0 saturated carbocycles. The van der Waals surface area contributed by atoms with Crippen LogP contribution in [0.4, 0.5) is 4.39 Å². The minimum Gasteiger partial charge on any atom is -0.496 e. The Morgan fingerprint density at radius 2 is 1.86 bits per heavy atom. The standard InChI is InChI=1S/C23H28FN5O5S.ClH/c1-5-28(6-2)35(31,32)17-7-8-21(33-3)18(13-17)19-11-15(23(30)34-4)12-20-22(19)26-27-29(20)14-16(24)9-10-25;/h7-9,11-13H,5-6,10,14,25H2,1-4H3;1H/b16-9-;. The number of methoxy groups -OCH3 is 2. The molecule has 1 aromatic heterocycles. The van der Waals surface area contributed by atoms with Gasteiger partial charge in [0.25, 0.3) is 0 Å². The maximum absolute atomic E-state index is 14.2. The Morgan fingerprint density at radius 1 is 1.17 bits per heavy atom. The molecule has 0 unspecified atom stereocenters. The van der Waals surface area contributed by atoms with Crippen LogP contribution in [0.25, 0.3) is 22.2 Å². The molecular weight excluding hydrogens is 513 g/mol. The fourth-order valence-corrected chi connectivity index (χ4v) is 5.22. The number of aromatic nitrogens is 3. The highest BCUT2D eigenvalue weighted by Crippen LogP contribution is 2.37. The molecule has 3 aromatic rings. The lowest BCUT2D eigenvalue weighted by Gasteiger charge is -2.20. The van der Waals surface area contributed by atoms with Crippen LogP contribution in [0.2, 0.25) is 0 Å². The number of sulfonamides is 1. The number of nitrogens with two attached hydrogens (primary N) is 1. The van der Waals surface area contributed by atoms with E-state index in [-0.39, 0.29) is 36.0 Å². The largest absolute Gasteiger partial charge is 0.496 e. The molecule has 0 atom stereocenters. The third-order valence-corrected chi connectivity index (χ3v) is 7.53. The lowest BCUT2D eigenvalue weighted by molar-refractivity contribution is 0.0601. The van der Waals surface area contributed by atoms with Gasteiger partial charge in [-0.1, -0.05) is 19.1 Å². The van der Waals surface area contributed by atoms with Crippen molar-refractivity contribution in [1.29, 1.82) is 0 Å². The molecule has 0 fully saturated rings. The van der Waals surface area contributed by atoms with Crippen LogP contribution in [0.3, 0.4) is 0 Å². The fraction of sp³-hybridized carbons (Fsp3) is 0.348. The van der Waals surface area contributed by atoms with E-state index in [9.17, 15) is 17.6 Å². The van der Waals surface area contributed by atoms with Crippen molar-refractivity contribution < 1.29 is 27.1 Å². The molecule has 0 aliphatic heterocycles. The van der Waals surface area contributed by atoms with Crippen LogP contribution in [0.1, 0.15) is 24.2 Å². The van der Waals surface area contributed by atoms with Crippen molar-refractivity contribution in [3.05, 3.63) is 47.8 Å². The number of hydrogen-bond acceptors (Lipinski definition) is 8. The number of benzene rings is 2. The van der Waals surface area contributed by atoms with Gasteiger partial charge in [-0.2, -0.15) is 4.31 Å². The van der Waals surface area contributed by atoms with E-state index in [1.54, 1.807) is 13.8 Å². The number of carbonyl (C=O) groups is 1. The average molecular weight is 542 g/mol. The minimum absolute atomic E-state index is 0. The number of halogens is 2. The molecule has 13 heteroatoms. The van der Waals surface area contributed by atoms with E-state index in [1.807, 2.05) is 0 Å². The van der Waals surface area contributed by atoms with Gasteiger partial charge in [-0.3, -0.25) is 0 Å². The van der Waals surface area contributed by atoms with Crippen LogP contribution in [0, 0.1) is 0 Å². The first-order chi connectivity index (χ1) is 16.7. The highest BCUT2D eigenvalue weighted by atomic mass is 35.5. The van der Waals surface area contributed by atoms with Gasteiger partial charge in [-0.25, -0.2) is 22.3 Å². The monoisotopic (exact) mass is 541 g/mol. The quantitative estimate of drug-likeness (QED) is 0.387. The predicted octanol–water partition coefficient (Wildman–Crippen LogP) is 3.16. The molecule has 36 heavy (non-hydrogen) atoms. The topological polar surface area (TPSA) is 130 Å². The Morgan fingerprint density at radius 3 is 2.44 bits per heavy atom. The summed E-state index contributed by atoms with van der Waals surface area (Å²) in [6.45, 7) is 3.89. The number of hydrogen-bond donors (Lipinski definition) is 1. The maximum Gasteiger partial charge on any atom is 0.337 e. The van der Waals surface area contributed by atoms with Gasteiger partial charge in [0.05, 0.1) is 36.7 Å². The van der Waals surface area contributed by atoms with Crippen LogP contribution in [-0.2, 0) is 21.3 Å². The van der Waals surface area contributed by atoms with E-state index in [0.29, 0.717) is 41.0 Å². The van der Waals surface area contributed by atoms with Crippen molar-refractivity contribution in [2.75, 3.05) is 33.9 Å². The molecule has 0 amide bonds. The summed E-state index contributed by atoms with van der Waals surface area (Å²) in [5.41, 5.74) is 6.97. The summed E-state index contributed by atoms with van der Waals surface area (Å²) < 4.78 is 53.5. The van der Waals surface area contributed by atoms with Crippen molar-refractivity contribution in [3.8, 4) is 16.9 Å². The van der Waals surface area contributed by atoms with Gasteiger partial charge in [0.15, 0.2) is 0 Å². The maximum atomic E-state index is 14.2. The number of fused-ring (bicyclic) bond motifs is 1. The van der Waals surface area contributed by atoms with E-state index in [4.69, 9.17) is 15.2 Å². The molecular formula is C23H29ClFN5O5S. The van der Waals surface area contributed by atoms with Crippen LogP contribution in [0.15, 0.2) is 47.1 Å². The first-order valence-electron chi connectivity index (χ1n) is 10.9. The van der Waals surface area contributed by atoms with Gasteiger partial charge < -0.3 is 15.2 Å². The number of nitrogens with zero attached hydrogens (tertiary/aromatic N) is 4. The molecule has 0 radical (unpaired) electrons. The Kier molecular flexibility index (Phi) is 9.93. The first-order valence-corrected chi connectivity index (χ1v) is 12.3. The second kappa shape index (κ2) is 12.3. The molecule has 2 aromatic carbocycles. The van der Waals surface area contributed by atoms with Crippen molar-refractivity contribution in [2.24, 2.45) is 5.73 Å². The highest BCUT2D eigenvalue weighted by Gasteiger charge is 2.25. The van der Waals surface area contributed by atoms with Crippen molar-refractivity contribution in [1.82, 2.24) is 19.3 Å². The highest BCUT2D eigenvalue weighted by molar-refractivity contribution is 7.89. The molecule has 3 rings (SSSR count). The number of ether oxygens (including phenoxy) is 2. The summed E-state index contributed by atoms with van der Waals surface area (Å²) in [5.74, 6) is -0.797. The van der Waals surface area contributed by atoms with E-state index in [1.165, 1.54) is 59.6 Å². The van der Waals surface area contributed by atoms with Gasteiger partial charge in [0.1, 0.15) is 17.1 Å². The third kappa shape index (κ3) is 5.67. The molecule has 196 valence electrons. The second-order valence-electron chi connectivity index (χ2n) is 7.47. The molecule has 2 N–H and O–H groups in total. The fourth-order valence-electron chi connectivity index (χ4n) is 3.73. The van der Waals surface area contributed by atoms with E-state index in [0.717, 1.165) is 0 Å². The van der Waals surface area contributed by atoms with E-state index in [2.05, 4.69) is 10.3 Å². The first kappa shape index (κ1) is 29.2. The summed E-state index contributed by atoms with van der Waals surface area (Å²) in [7, 11) is -1.10. The van der Waals surface area contributed by atoms with Crippen molar-refractivity contribution in [3.63, 3.8) is 0 Å². The van der Waals surface area contributed by atoms with E-state index < -0.39 is 21.8 Å². The molecule has 0 bridgehead atoms. The Bertz CT molecular complexity index is 1370. The van der Waals surface area contributed by atoms with Crippen molar-refractivity contribution >= 4 is 39.4 Å². The van der Waals surface area contributed by atoms with Crippen LogP contribution in [0.5, 0.6) is 5.75 Å². The second-order valence-corrected chi connectivity index (χ2v) is 9.41. The van der Waals surface area contributed by atoms with E-state index >= 15 is 0 Å². The van der Waals surface area contributed by atoms with Crippen LogP contribution < -0.4 is 10.5 Å². The zero-order valence-corrected chi connectivity index (χ0v) is 22.0. The Labute approximate surface area is 215 Å². The third-order valence-electron chi connectivity index (χ3n) is 5.49. The lowest BCUT2D eigenvalue weighted by atomic mass is 10.00. The van der Waals surface area contributed by atoms with Gasteiger partial charge in [0, 0.05) is 30.8 Å². The summed E-state index contributed by atoms with van der Waals surface area (Å²) in [5, 5.41) is 8.23. The summed E-state index contributed by atoms with van der Waals surface area (Å²) in [4.78, 5) is 12.5. The SMILES string of the molecule is CCN(CC)S(=O)(=O)c1ccc(OC)c(-c2cc(C(=O)OC)cc3c2nnn3C/C(F)=C/CN)c1.Cl. The number of esters is 1. The smallest absolute Gasteiger partial charge is 0.337 e. The van der Waals surface area contributed by atoms with Gasteiger partial charge in [-0.15, -0.1) is 17.5 Å². The number of rotatable bonds is 10. The summed E-state index contributed by atoms with van der Waals surface area (Å²) in [6, 6.07) is 7.47. The molecule has 10 nitrogen and oxygen atoms in total. The van der Waals surface area contributed by atoms with Crippen molar-refractivity contribution in [2.45, 2.75) is 25.3 Å². The Hall–Kier alpha value is -3.06. The summed E-state index contributed by atoms with van der Waals surface area (Å²) in [6.07, 6.45) is 1.21. The molecule has 1 heterocycles. The summed E-state index contributed by atoms with van der Waals surface area (Å²) >= 11 is 0.